The molecule has 0 aromatic heterocycles. The molecule has 0 saturated heterocycles. The largest absolute Gasteiger partial charge is 0.399 e. The van der Waals surface area contributed by atoms with Crippen LogP contribution in [0.5, 0.6) is 0 Å². The third-order valence-corrected chi connectivity index (χ3v) is 5.93. The van der Waals surface area contributed by atoms with Gasteiger partial charge in [0.2, 0.25) is 10.0 Å². The minimum Gasteiger partial charge on any atom is -0.399 e. The molecule has 0 spiro atoms. The van der Waals surface area contributed by atoms with Crippen molar-refractivity contribution in [2.24, 2.45) is 5.41 Å². The first-order chi connectivity index (χ1) is 9.88. The number of hydrogen-bond donors (Lipinski definition) is 3. The summed E-state index contributed by atoms with van der Waals surface area (Å²) in [4.78, 5) is 0.214. The minimum absolute atomic E-state index is 0.0193. The van der Waals surface area contributed by atoms with Gasteiger partial charge in [-0.1, -0.05) is 25.3 Å². The van der Waals surface area contributed by atoms with Crippen LogP contribution in [0, 0.1) is 12.3 Å². The highest BCUT2D eigenvalue weighted by molar-refractivity contribution is 7.89. The van der Waals surface area contributed by atoms with Gasteiger partial charge in [0.25, 0.3) is 0 Å². The molecule has 0 unspecified atom stereocenters. The van der Waals surface area contributed by atoms with E-state index in [1.807, 2.05) is 0 Å². The number of nitrogens with one attached hydrogen (secondary N) is 1. The number of aliphatic hydroxyl groups is 1. The van der Waals surface area contributed by atoms with E-state index < -0.39 is 10.0 Å². The lowest BCUT2D eigenvalue weighted by molar-refractivity contribution is 0.0867. The predicted molar refractivity (Wildman–Crippen MR) is 83.4 cm³/mol. The van der Waals surface area contributed by atoms with E-state index in [4.69, 9.17) is 5.73 Å². The predicted octanol–water partition coefficient (Wildman–Crippen LogP) is 1.80. The molecule has 1 aromatic rings. The Kier molecular flexibility index (Phi) is 4.91. The summed E-state index contributed by atoms with van der Waals surface area (Å²) in [6, 6.07) is 4.86. The van der Waals surface area contributed by atoms with Gasteiger partial charge < -0.3 is 10.8 Å². The minimum atomic E-state index is -3.60. The molecule has 118 valence electrons. The first kappa shape index (κ1) is 16.3. The molecule has 0 radical (unpaired) electrons. The zero-order valence-corrected chi connectivity index (χ0v) is 13.2. The highest BCUT2D eigenvalue weighted by Gasteiger charge is 2.33. The van der Waals surface area contributed by atoms with Gasteiger partial charge in [-0.2, -0.15) is 0 Å². The zero-order chi connectivity index (χ0) is 15.5. The standard InChI is InChI=1S/C15H24N2O3S/c1-12-5-6-13(16)9-14(12)21(19,20)17-10-15(11-18)7-3-2-4-8-15/h5-6,9,17-18H,2-4,7-8,10-11,16H2,1H3. The Hall–Kier alpha value is -1.11. The topological polar surface area (TPSA) is 92.4 Å². The molecule has 0 heterocycles. The number of aryl methyl sites for hydroxylation is 1. The Labute approximate surface area is 126 Å². The second-order valence-corrected chi connectivity index (χ2v) is 7.80. The molecule has 1 saturated carbocycles. The molecular weight excluding hydrogens is 288 g/mol. The van der Waals surface area contributed by atoms with Crippen molar-refractivity contribution in [3.05, 3.63) is 23.8 Å². The van der Waals surface area contributed by atoms with Crippen LogP contribution in [-0.2, 0) is 10.0 Å². The van der Waals surface area contributed by atoms with Gasteiger partial charge in [-0.15, -0.1) is 0 Å². The lowest BCUT2D eigenvalue weighted by Crippen LogP contribution is -2.41. The first-order valence-corrected chi connectivity index (χ1v) is 8.84. The average Bonchev–Trinajstić information content (AvgIpc) is 2.49. The van der Waals surface area contributed by atoms with Crippen LogP contribution < -0.4 is 10.5 Å². The number of sulfonamides is 1. The van der Waals surface area contributed by atoms with Gasteiger partial charge in [-0.25, -0.2) is 13.1 Å². The Balaban J connectivity index is 2.15. The first-order valence-electron chi connectivity index (χ1n) is 7.35. The molecule has 2 rings (SSSR count). The summed E-state index contributed by atoms with van der Waals surface area (Å²) in [7, 11) is -3.60. The number of benzene rings is 1. The summed E-state index contributed by atoms with van der Waals surface area (Å²) in [6.07, 6.45) is 4.96. The van der Waals surface area contributed by atoms with Crippen LogP contribution in [0.25, 0.3) is 0 Å². The van der Waals surface area contributed by atoms with Crippen molar-refractivity contribution in [2.75, 3.05) is 18.9 Å². The van der Waals surface area contributed by atoms with Crippen LogP contribution in [0.2, 0.25) is 0 Å². The van der Waals surface area contributed by atoms with E-state index >= 15 is 0 Å². The lowest BCUT2D eigenvalue weighted by Gasteiger charge is -2.35. The maximum atomic E-state index is 12.5. The smallest absolute Gasteiger partial charge is 0.240 e. The fraction of sp³-hybridized carbons (Fsp3) is 0.600. The Morgan fingerprint density at radius 2 is 1.95 bits per heavy atom. The summed E-state index contributed by atoms with van der Waals surface area (Å²) in [6.45, 7) is 2.04. The highest BCUT2D eigenvalue weighted by Crippen LogP contribution is 2.35. The SMILES string of the molecule is Cc1ccc(N)cc1S(=O)(=O)NCC1(CO)CCCCC1. The molecule has 0 aliphatic heterocycles. The van der Waals surface area contributed by atoms with E-state index in [0.29, 0.717) is 11.3 Å². The van der Waals surface area contributed by atoms with Gasteiger partial charge in [0, 0.05) is 24.3 Å². The molecule has 0 atom stereocenters. The molecule has 21 heavy (non-hydrogen) atoms. The molecule has 0 bridgehead atoms. The molecule has 6 heteroatoms. The fourth-order valence-electron chi connectivity index (χ4n) is 2.92. The molecule has 1 fully saturated rings. The van der Waals surface area contributed by atoms with Gasteiger partial charge in [0.1, 0.15) is 0 Å². The maximum Gasteiger partial charge on any atom is 0.240 e. The summed E-state index contributed by atoms with van der Waals surface area (Å²) >= 11 is 0. The number of aliphatic hydroxyl groups excluding tert-OH is 1. The summed E-state index contributed by atoms with van der Waals surface area (Å²) in [5.74, 6) is 0. The normalized spacial score (nSPS) is 18.6. The quantitative estimate of drug-likeness (QED) is 0.723. The van der Waals surface area contributed by atoms with E-state index in [2.05, 4.69) is 4.72 Å². The Bertz CT molecular complexity index is 593. The van der Waals surface area contributed by atoms with Crippen LogP contribution in [0.4, 0.5) is 5.69 Å². The maximum absolute atomic E-state index is 12.5. The second-order valence-electron chi connectivity index (χ2n) is 6.07. The van der Waals surface area contributed by atoms with Gasteiger partial charge in [-0.3, -0.25) is 0 Å². The number of anilines is 1. The van der Waals surface area contributed by atoms with Crippen molar-refractivity contribution in [2.45, 2.75) is 43.9 Å². The van der Waals surface area contributed by atoms with E-state index in [9.17, 15) is 13.5 Å². The van der Waals surface area contributed by atoms with Gasteiger partial charge in [-0.05, 0) is 37.5 Å². The molecule has 0 amide bonds. The van der Waals surface area contributed by atoms with Crippen LogP contribution in [-0.4, -0.2) is 26.7 Å². The van der Waals surface area contributed by atoms with Crippen molar-refractivity contribution in [1.29, 1.82) is 0 Å². The van der Waals surface area contributed by atoms with Gasteiger partial charge in [0.15, 0.2) is 0 Å². The molecule has 4 N–H and O–H groups in total. The van der Waals surface area contributed by atoms with Crippen LogP contribution in [0.15, 0.2) is 23.1 Å². The molecule has 1 aliphatic carbocycles. The highest BCUT2D eigenvalue weighted by atomic mass is 32.2. The van der Waals surface area contributed by atoms with Gasteiger partial charge >= 0.3 is 0 Å². The zero-order valence-electron chi connectivity index (χ0n) is 12.4. The van der Waals surface area contributed by atoms with Crippen LogP contribution >= 0.6 is 0 Å². The third-order valence-electron chi connectivity index (χ3n) is 4.39. The second kappa shape index (κ2) is 6.34. The van der Waals surface area contributed by atoms with Crippen molar-refractivity contribution >= 4 is 15.7 Å². The van der Waals surface area contributed by atoms with E-state index in [1.165, 1.54) is 6.07 Å². The van der Waals surface area contributed by atoms with Crippen molar-refractivity contribution in [3.8, 4) is 0 Å². The monoisotopic (exact) mass is 312 g/mol. The molecule has 1 aromatic carbocycles. The Morgan fingerprint density at radius 1 is 1.29 bits per heavy atom. The molecular formula is C15H24N2O3S. The fourth-order valence-corrected chi connectivity index (χ4v) is 4.36. The van der Waals surface area contributed by atoms with Crippen molar-refractivity contribution in [1.82, 2.24) is 4.72 Å². The van der Waals surface area contributed by atoms with Gasteiger partial charge in [0.05, 0.1) is 4.90 Å². The number of nitrogen functional groups attached to an aromatic ring is 1. The third kappa shape index (κ3) is 3.75. The number of hydrogen-bond acceptors (Lipinski definition) is 4. The average molecular weight is 312 g/mol. The van der Waals surface area contributed by atoms with E-state index in [-0.39, 0.29) is 23.5 Å². The number of rotatable bonds is 5. The summed E-state index contributed by atoms with van der Waals surface area (Å²) in [5, 5.41) is 9.65. The van der Waals surface area contributed by atoms with E-state index in [0.717, 1.165) is 32.1 Å². The number of nitrogens with two attached hydrogens (primary N) is 1. The van der Waals surface area contributed by atoms with E-state index in [1.54, 1.807) is 19.1 Å². The molecule has 1 aliphatic rings. The van der Waals surface area contributed by atoms with Crippen molar-refractivity contribution < 1.29 is 13.5 Å². The molecule has 5 nitrogen and oxygen atoms in total. The van der Waals surface area contributed by atoms with Crippen molar-refractivity contribution in [3.63, 3.8) is 0 Å². The summed E-state index contributed by atoms with van der Waals surface area (Å²) in [5.41, 5.74) is 6.45. The lowest BCUT2D eigenvalue weighted by atomic mass is 9.75. The summed E-state index contributed by atoms with van der Waals surface area (Å²) < 4.78 is 27.6. The Morgan fingerprint density at radius 3 is 2.57 bits per heavy atom. The van der Waals surface area contributed by atoms with Crippen LogP contribution in [0.3, 0.4) is 0 Å². The van der Waals surface area contributed by atoms with Crippen LogP contribution in [0.1, 0.15) is 37.7 Å².